The average Bonchev–Trinajstić information content (AvgIpc) is 3.33. The Bertz CT molecular complexity index is 1020. The molecule has 2 atom stereocenters. The van der Waals surface area contributed by atoms with Crippen LogP contribution in [-0.2, 0) is 11.2 Å². The van der Waals surface area contributed by atoms with Crippen molar-refractivity contribution in [1.82, 2.24) is 0 Å². The van der Waals surface area contributed by atoms with Crippen molar-refractivity contribution in [2.45, 2.75) is 12.5 Å². The van der Waals surface area contributed by atoms with Crippen LogP contribution in [0, 0.1) is 5.92 Å². The average molecular weight is 440 g/mol. The molecule has 1 fully saturated rings. The van der Waals surface area contributed by atoms with Crippen molar-refractivity contribution in [3.8, 4) is 23.0 Å². The number of hydrogen-bond acceptors (Lipinski definition) is 6. The molecule has 0 bridgehead atoms. The van der Waals surface area contributed by atoms with E-state index in [4.69, 9.17) is 18.9 Å². The molecular formula is C24H25NO5S. The van der Waals surface area contributed by atoms with Gasteiger partial charge in [0.25, 0.3) is 0 Å². The number of ether oxygens (including phenoxy) is 4. The van der Waals surface area contributed by atoms with Gasteiger partial charge >= 0.3 is 0 Å². The van der Waals surface area contributed by atoms with Crippen LogP contribution in [0.5, 0.6) is 23.0 Å². The van der Waals surface area contributed by atoms with Crippen molar-refractivity contribution in [2.24, 2.45) is 5.92 Å². The van der Waals surface area contributed by atoms with E-state index in [1.165, 1.54) is 4.88 Å². The van der Waals surface area contributed by atoms with Gasteiger partial charge in [-0.1, -0.05) is 18.2 Å². The van der Waals surface area contributed by atoms with E-state index in [9.17, 15) is 4.79 Å². The molecule has 1 aliphatic rings. The van der Waals surface area contributed by atoms with Crippen molar-refractivity contribution in [1.29, 1.82) is 0 Å². The Morgan fingerprint density at radius 3 is 2.10 bits per heavy atom. The van der Waals surface area contributed by atoms with Crippen LogP contribution >= 0.6 is 11.3 Å². The number of carbonyl (C=O) groups is 1. The van der Waals surface area contributed by atoms with Gasteiger partial charge in [-0.25, -0.2) is 0 Å². The molecular weight excluding hydrogens is 414 g/mol. The monoisotopic (exact) mass is 439 g/mol. The molecule has 31 heavy (non-hydrogen) atoms. The lowest BCUT2D eigenvalue weighted by molar-refractivity contribution is -0.130. The van der Waals surface area contributed by atoms with Crippen LogP contribution < -0.4 is 23.8 Å². The highest BCUT2D eigenvalue weighted by Gasteiger charge is 2.49. The number of thiophene rings is 1. The Balaban J connectivity index is 1.75. The molecule has 0 aliphatic carbocycles. The lowest BCUT2D eigenvalue weighted by Gasteiger charge is -2.47. The number of methoxy groups -OCH3 is 4. The molecule has 6 nitrogen and oxygen atoms in total. The number of nitrogens with zero attached hydrogens (tertiary/aromatic N) is 1. The van der Waals surface area contributed by atoms with E-state index in [0.29, 0.717) is 29.4 Å². The first-order valence-electron chi connectivity index (χ1n) is 9.90. The van der Waals surface area contributed by atoms with Crippen LogP contribution in [0.25, 0.3) is 0 Å². The van der Waals surface area contributed by atoms with Crippen LogP contribution in [-0.4, -0.2) is 34.3 Å². The summed E-state index contributed by atoms with van der Waals surface area (Å²) in [6, 6.07) is 15.5. The molecule has 1 aromatic heterocycles. The van der Waals surface area contributed by atoms with Gasteiger partial charge in [0, 0.05) is 17.0 Å². The minimum Gasteiger partial charge on any atom is -0.497 e. The van der Waals surface area contributed by atoms with E-state index in [0.717, 1.165) is 11.3 Å². The quantitative estimate of drug-likeness (QED) is 0.475. The lowest BCUT2D eigenvalue weighted by Crippen LogP contribution is -2.56. The number of amides is 1. The molecule has 2 aromatic carbocycles. The normalized spacial score (nSPS) is 17.8. The van der Waals surface area contributed by atoms with E-state index >= 15 is 0 Å². The third kappa shape index (κ3) is 3.81. The molecule has 0 spiro atoms. The topological polar surface area (TPSA) is 57.2 Å². The third-order valence-electron chi connectivity index (χ3n) is 5.60. The maximum Gasteiger partial charge on any atom is 0.233 e. The zero-order valence-electron chi connectivity index (χ0n) is 18.0. The van der Waals surface area contributed by atoms with Crippen molar-refractivity contribution < 1.29 is 23.7 Å². The molecule has 1 amide bonds. The Kier molecular flexibility index (Phi) is 6.04. The minimum absolute atomic E-state index is 0.0727. The Hall–Kier alpha value is -3.19. The van der Waals surface area contributed by atoms with E-state index < -0.39 is 0 Å². The summed E-state index contributed by atoms with van der Waals surface area (Å²) < 4.78 is 21.7. The van der Waals surface area contributed by atoms with Crippen molar-refractivity contribution in [3.63, 3.8) is 0 Å². The van der Waals surface area contributed by atoms with Crippen LogP contribution in [0.2, 0.25) is 0 Å². The van der Waals surface area contributed by atoms with Crippen LogP contribution in [0.1, 0.15) is 16.5 Å². The predicted molar refractivity (Wildman–Crippen MR) is 121 cm³/mol. The van der Waals surface area contributed by atoms with Gasteiger partial charge in [0.05, 0.1) is 46.1 Å². The van der Waals surface area contributed by atoms with Gasteiger partial charge in [-0.3, -0.25) is 4.79 Å². The maximum atomic E-state index is 13.3. The summed E-state index contributed by atoms with van der Waals surface area (Å²) in [5.41, 5.74) is 1.76. The minimum atomic E-state index is -0.147. The van der Waals surface area contributed by atoms with E-state index in [1.807, 2.05) is 52.7 Å². The first-order chi connectivity index (χ1) is 15.1. The van der Waals surface area contributed by atoms with Gasteiger partial charge < -0.3 is 23.8 Å². The van der Waals surface area contributed by atoms with Gasteiger partial charge in [0.1, 0.15) is 5.75 Å². The second kappa shape index (κ2) is 8.89. The van der Waals surface area contributed by atoms with E-state index in [-0.39, 0.29) is 17.9 Å². The highest BCUT2D eigenvalue weighted by molar-refractivity contribution is 7.09. The Labute approximate surface area is 185 Å². The Morgan fingerprint density at radius 2 is 1.58 bits per heavy atom. The molecule has 2 heterocycles. The van der Waals surface area contributed by atoms with Crippen molar-refractivity contribution in [2.75, 3.05) is 33.3 Å². The standard InChI is InChI=1S/C24H25NO5S/c1-27-17-9-7-15(8-10-17)22-19(14-18-6-5-11-31-18)24(26)25(22)16-12-20(28-2)23(30-4)21(13-16)29-3/h5-13,19,22H,14H2,1-4H3/t19?,22-/m1/s1. The predicted octanol–water partition coefficient (Wildman–Crippen LogP) is 4.73. The number of anilines is 1. The molecule has 0 N–H and O–H groups in total. The molecule has 1 aliphatic heterocycles. The van der Waals surface area contributed by atoms with Gasteiger partial charge in [-0.05, 0) is 35.6 Å². The summed E-state index contributed by atoms with van der Waals surface area (Å²) in [5.74, 6) is 2.23. The van der Waals surface area contributed by atoms with Crippen molar-refractivity contribution >= 4 is 22.9 Å². The fourth-order valence-corrected chi connectivity index (χ4v) is 4.83. The van der Waals surface area contributed by atoms with E-state index in [2.05, 4.69) is 6.07 Å². The van der Waals surface area contributed by atoms with Gasteiger partial charge in [-0.2, -0.15) is 0 Å². The second-order valence-corrected chi connectivity index (χ2v) is 8.23. The Morgan fingerprint density at radius 1 is 0.903 bits per heavy atom. The third-order valence-corrected chi connectivity index (χ3v) is 6.50. The largest absolute Gasteiger partial charge is 0.497 e. The molecule has 7 heteroatoms. The number of benzene rings is 2. The molecule has 4 rings (SSSR count). The summed E-state index contributed by atoms with van der Waals surface area (Å²) in [5, 5.41) is 2.04. The maximum absolute atomic E-state index is 13.3. The first-order valence-corrected chi connectivity index (χ1v) is 10.8. The number of rotatable bonds is 8. The zero-order chi connectivity index (χ0) is 22.0. The SMILES string of the molecule is COc1ccc([C@@H]2C(Cc3cccs3)C(=O)N2c2cc(OC)c(OC)c(OC)c2)cc1. The first kappa shape index (κ1) is 21.1. The van der Waals surface area contributed by atoms with Gasteiger partial charge in [-0.15, -0.1) is 11.3 Å². The summed E-state index contributed by atoms with van der Waals surface area (Å²) in [4.78, 5) is 16.3. The number of hydrogen-bond donors (Lipinski definition) is 0. The fraction of sp³-hybridized carbons (Fsp3) is 0.292. The second-order valence-electron chi connectivity index (χ2n) is 7.20. The smallest absolute Gasteiger partial charge is 0.233 e. The molecule has 3 aromatic rings. The van der Waals surface area contributed by atoms with Crippen LogP contribution in [0.4, 0.5) is 5.69 Å². The molecule has 162 valence electrons. The summed E-state index contributed by atoms with van der Waals surface area (Å²) in [7, 11) is 6.34. The van der Waals surface area contributed by atoms with Gasteiger partial charge in [0.15, 0.2) is 11.5 Å². The molecule has 0 saturated carbocycles. The fourth-order valence-electron chi connectivity index (χ4n) is 4.07. The lowest BCUT2D eigenvalue weighted by atomic mass is 9.79. The summed E-state index contributed by atoms with van der Waals surface area (Å²) >= 11 is 1.67. The van der Waals surface area contributed by atoms with Gasteiger partial charge in [0.2, 0.25) is 11.7 Å². The highest BCUT2D eigenvalue weighted by Crippen LogP contribution is 2.49. The molecule has 1 unspecified atom stereocenters. The van der Waals surface area contributed by atoms with Crippen molar-refractivity contribution in [3.05, 3.63) is 64.4 Å². The van der Waals surface area contributed by atoms with Crippen LogP contribution in [0.15, 0.2) is 53.9 Å². The summed E-state index contributed by atoms with van der Waals surface area (Å²) in [6.07, 6.45) is 0.703. The number of carbonyl (C=O) groups excluding carboxylic acids is 1. The molecule has 1 saturated heterocycles. The number of β-lactam (4-membered cyclic amide) rings is 1. The summed E-state index contributed by atoms with van der Waals surface area (Å²) in [6.45, 7) is 0. The van der Waals surface area contributed by atoms with E-state index in [1.54, 1.807) is 39.8 Å². The molecule has 0 radical (unpaired) electrons. The van der Waals surface area contributed by atoms with Crippen LogP contribution in [0.3, 0.4) is 0 Å². The highest BCUT2D eigenvalue weighted by atomic mass is 32.1. The zero-order valence-corrected chi connectivity index (χ0v) is 18.8.